The molecule has 0 radical (unpaired) electrons. The van der Waals surface area contributed by atoms with Crippen LogP contribution in [0.15, 0.2) is 48.5 Å². The molecule has 0 fully saturated rings. The fraction of sp³-hybridized carbons (Fsp3) is 0.368. The van der Waals surface area contributed by atoms with E-state index in [4.69, 9.17) is 0 Å². The van der Waals surface area contributed by atoms with E-state index in [0.29, 0.717) is 0 Å². The molecule has 0 aliphatic rings. The smallest absolute Gasteiger partial charge is 0.00230 e. The molecule has 0 amide bonds. The molecular weight excluding hydrogens is 228 g/mol. The zero-order chi connectivity index (χ0) is 13.5. The minimum atomic E-state index is 1.06. The van der Waals surface area contributed by atoms with Gasteiger partial charge < -0.3 is 0 Å². The summed E-state index contributed by atoms with van der Waals surface area (Å²) in [7, 11) is 0. The molecule has 0 aliphatic carbocycles. The maximum atomic E-state index is 2.42. The van der Waals surface area contributed by atoms with Crippen LogP contribution in [-0.4, -0.2) is 0 Å². The normalized spacial score (nSPS) is 10.6. The number of aryl methyl sites for hydroxylation is 2. The van der Waals surface area contributed by atoms with Crippen molar-refractivity contribution in [3.8, 4) is 0 Å². The van der Waals surface area contributed by atoms with E-state index in [1.807, 2.05) is 0 Å². The summed E-state index contributed by atoms with van der Waals surface area (Å²) < 4.78 is 0. The fourth-order valence-electron chi connectivity index (χ4n) is 2.61. The van der Waals surface area contributed by atoms with Gasteiger partial charge in [0.15, 0.2) is 0 Å². The van der Waals surface area contributed by atoms with E-state index in [9.17, 15) is 0 Å². The molecule has 0 nitrogen and oxygen atoms in total. The van der Waals surface area contributed by atoms with Gasteiger partial charge in [0, 0.05) is 0 Å². The number of hydrogen-bond donors (Lipinski definition) is 0. The van der Waals surface area contributed by atoms with Crippen molar-refractivity contribution in [2.75, 3.05) is 0 Å². The van der Waals surface area contributed by atoms with E-state index >= 15 is 0 Å². The van der Waals surface area contributed by atoms with Crippen molar-refractivity contribution < 1.29 is 0 Å². The minimum absolute atomic E-state index is 1.06. The van der Waals surface area contributed by atoms with Gasteiger partial charge in [0.2, 0.25) is 0 Å². The largest absolute Gasteiger partial charge is 0.0651 e. The highest BCUT2D eigenvalue weighted by molar-refractivity contribution is 5.36. The van der Waals surface area contributed by atoms with Crippen LogP contribution in [-0.2, 0) is 19.3 Å². The van der Waals surface area contributed by atoms with Gasteiger partial charge in [-0.3, -0.25) is 0 Å². The second-order valence-corrected chi connectivity index (χ2v) is 5.27. The van der Waals surface area contributed by atoms with Gasteiger partial charge in [-0.1, -0.05) is 75.2 Å². The average Bonchev–Trinajstić information content (AvgIpc) is 2.43. The van der Waals surface area contributed by atoms with E-state index in [1.54, 1.807) is 0 Å². The van der Waals surface area contributed by atoms with Crippen molar-refractivity contribution in [2.45, 2.75) is 46.0 Å². The predicted molar refractivity (Wildman–Crippen MR) is 83.7 cm³/mol. The van der Waals surface area contributed by atoms with Gasteiger partial charge in [-0.25, -0.2) is 0 Å². The third-order valence-electron chi connectivity index (χ3n) is 3.57. The summed E-state index contributed by atoms with van der Waals surface area (Å²) in [5.74, 6) is 0. The van der Waals surface area contributed by atoms with Crippen LogP contribution in [0.1, 0.15) is 48.9 Å². The highest BCUT2D eigenvalue weighted by atomic mass is 14.1. The Labute approximate surface area is 117 Å². The molecule has 0 bridgehead atoms. The van der Waals surface area contributed by atoms with Gasteiger partial charge in [-0.15, -0.1) is 0 Å². The molecule has 0 aromatic heterocycles. The zero-order valence-corrected chi connectivity index (χ0v) is 12.2. The van der Waals surface area contributed by atoms with Crippen LogP contribution in [0.25, 0.3) is 0 Å². The second-order valence-electron chi connectivity index (χ2n) is 5.27. The Morgan fingerprint density at radius 1 is 0.684 bits per heavy atom. The van der Waals surface area contributed by atoms with Gasteiger partial charge >= 0.3 is 0 Å². The first-order valence-corrected chi connectivity index (χ1v) is 7.48. The molecule has 2 aromatic carbocycles. The van der Waals surface area contributed by atoms with E-state index in [0.717, 1.165) is 6.42 Å². The van der Waals surface area contributed by atoms with Crippen LogP contribution in [0, 0.1) is 0 Å². The molecular formula is C19H24. The molecule has 0 spiro atoms. The Bertz CT molecular complexity index is 497. The number of rotatable bonds is 6. The molecule has 0 atom stereocenters. The average molecular weight is 252 g/mol. The summed E-state index contributed by atoms with van der Waals surface area (Å²) in [6.07, 6.45) is 5.89. The van der Waals surface area contributed by atoms with E-state index in [2.05, 4.69) is 62.4 Å². The van der Waals surface area contributed by atoms with Crippen molar-refractivity contribution in [3.05, 3.63) is 70.8 Å². The van der Waals surface area contributed by atoms with Crippen LogP contribution in [0.5, 0.6) is 0 Å². The molecule has 0 saturated heterocycles. The van der Waals surface area contributed by atoms with Crippen molar-refractivity contribution in [1.29, 1.82) is 0 Å². The second kappa shape index (κ2) is 7.13. The van der Waals surface area contributed by atoms with Gasteiger partial charge in [0.05, 0.1) is 0 Å². The molecule has 0 N–H and O–H groups in total. The lowest BCUT2D eigenvalue weighted by Crippen LogP contribution is -1.98. The summed E-state index contributed by atoms with van der Waals surface area (Å²) >= 11 is 0. The highest BCUT2D eigenvalue weighted by Gasteiger charge is 2.04. The lowest BCUT2D eigenvalue weighted by molar-refractivity contribution is 0.882. The monoisotopic (exact) mass is 252 g/mol. The standard InChI is InChI=1S/C19H24/c1-3-8-16-12-13-19(18(14-16)9-4-2)15-17-10-6-5-7-11-17/h5-7,10-14H,3-4,8-9,15H2,1-2H3. The molecule has 100 valence electrons. The zero-order valence-electron chi connectivity index (χ0n) is 12.2. The summed E-state index contributed by atoms with van der Waals surface area (Å²) in [6.45, 7) is 4.51. The molecule has 2 rings (SSSR count). The Kier molecular flexibility index (Phi) is 5.20. The summed E-state index contributed by atoms with van der Waals surface area (Å²) in [5.41, 5.74) is 5.93. The van der Waals surface area contributed by atoms with E-state index in [-0.39, 0.29) is 0 Å². The van der Waals surface area contributed by atoms with E-state index in [1.165, 1.54) is 47.9 Å². The summed E-state index contributed by atoms with van der Waals surface area (Å²) in [5, 5.41) is 0. The topological polar surface area (TPSA) is 0 Å². The molecule has 0 aliphatic heterocycles. The summed E-state index contributed by atoms with van der Waals surface area (Å²) in [4.78, 5) is 0. The van der Waals surface area contributed by atoms with Crippen molar-refractivity contribution in [3.63, 3.8) is 0 Å². The fourth-order valence-corrected chi connectivity index (χ4v) is 2.61. The highest BCUT2D eigenvalue weighted by Crippen LogP contribution is 2.19. The Hall–Kier alpha value is -1.56. The maximum Gasteiger partial charge on any atom is -0.00230 e. The van der Waals surface area contributed by atoms with Gasteiger partial charge in [-0.05, 0) is 41.5 Å². The quantitative estimate of drug-likeness (QED) is 0.664. The minimum Gasteiger partial charge on any atom is -0.0651 e. The van der Waals surface area contributed by atoms with Crippen LogP contribution < -0.4 is 0 Å². The predicted octanol–water partition coefficient (Wildman–Crippen LogP) is 5.18. The van der Waals surface area contributed by atoms with Crippen molar-refractivity contribution >= 4 is 0 Å². The molecule has 2 aromatic rings. The molecule has 0 unspecified atom stereocenters. The third-order valence-corrected chi connectivity index (χ3v) is 3.57. The molecule has 19 heavy (non-hydrogen) atoms. The van der Waals surface area contributed by atoms with E-state index < -0.39 is 0 Å². The van der Waals surface area contributed by atoms with Gasteiger partial charge in [0.25, 0.3) is 0 Å². The first-order chi connectivity index (χ1) is 9.33. The molecule has 0 heteroatoms. The van der Waals surface area contributed by atoms with Gasteiger partial charge in [-0.2, -0.15) is 0 Å². The third kappa shape index (κ3) is 3.96. The van der Waals surface area contributed by atoms with Crippen LogP contribution >= 0.6 is 0 Å². The van der Waals surface area contributed by atoms with Crippen LogP contribution in [0.4, 0.5) is 0 Å². The first-order valence-electron chi connectivity index (χ1n) is 7.48. The lowest BCUT2D eigenvalue weighted by atomic mass is 9.94. The first kappa shape index (κ1) is 13.9. The summed E-state index contributed by atoms with van der Waals surface area (Å²) in [6, 6.07) is 17.8. The van der Waals surface area contributed by atoms with Crippen molar-refractivity contribution in [1.82, 2.24) is 0 Å². The lowest BCUT2D eigenvalue weighted by Gasteiger charge is -2.11. The van der Waals surface area contributed by atoms with Crippen LogP contribution in [0.3, 0.4) is 0 Å². The number of benzene rings is 2. The molecule has 0 saturated carbocycles. The Morgan fingerprint density at radius 2 is 1.42 bits per heavy atom. The maximum absolute atomic E-state index is 2.42. The van der Waals surface area contributed by atoms with Crippen LogP contribution in [0.2, 0.25) is 0 Å². The molecule has 0 heterocycles. The Morgan fingerprint density at radius 3 is 2.11 bits per heavy atom. The van der Waals surface area contributed by atoms with Gasteiger partial charge in [0.1, 0.15) is 0 Å². The Balaban J connectivity index is 2.23. The number of hydrogen-bond acceptors (Lipinski definition) is 0. The van der Waals surface area contributed by atoms with Crippen molar-refractivity contribution in [2.24, 2.45) is 0 Å². The SMILES string of the molecule is CCCc1ccc(Cc2ccccc2)c(CCC)c1.